The van der Waals surface area contributed by atoms with Crippen LogP contribution < -0.4 is 24.8 Å². The molecular weight excluding hydrogens is 527 g/mol. The van der Waals surface area contributed by atoms with Crippen molar-refractivity contribution in [3.63, 3.8) is 0 Å². The number of rotatable bonds is 0. The second-order valence-electron chi connectivity index (χ2n) is 8.98. The van der Waals surface area contributed by atoms with E-state index in [0.29, 0.717) is 11.8 Å². The Balaban J connectivity index is 0.000000185. The van der Waals surface area contributed by atoms with Crippen LogP contribution in [-0.4, -0.2) is 5.43 Å². The number of fused-ring (bicyclic) bond motifs is 6. The Kier molecular flexibility index (Phi) is 11.5. The zero-order valence-electron chi connectivity index (χ0n) is 19.0. The zero-order valence-corrected chi connectivity index (χ0v) is 23.9. The van der Waals surface area contributed by atoms with Gasteiger partial charge in [-0.2, -0.15) is 36.1 Å². The quantitative estimate of drug-likeness (QED) is 0.261. The molecule has 0 amide bonds. The summed E-state index contributed by atoms with van der Waals surface area (Å²) in [5.74, 6) is 2.93. The first-order valence-electron chi connectivity index (χ1n) is 11.4. The molecule has 0 radical (unpaired) electrons. The fourth-order valence-electron chi connectivity index (χ4n) is 5.14. The van der Waals surface area contributed by atoms with Crippen molar-refractivity contribution in [1.82, 2.24) is 0 Å². The predicted molar refractivity (Wildman–Crippen MR) is 126 cm³/mol. The third-order valence-corrected chi connectivity index (χ3v) is 6.44. The molecule has 2 aromatic rings. The van der Waals surface area contributed by atoms with Crippen LogP contribution in [0.2, 0.25) is 13.1 Å². The van der Waals surface area contributed by atoms with Gasteiger partial charge in [-0.05, 0) is 24.7 Å². The summed E-state index contributed by atoms with van der Waals surface area (Å²) in [5.41, 5.74) is 6.20. The minimum Gasteiger partial charge on any atom is -1.00 e. The number of hydrogen-bond acceptors (Lipinski definition) is 0. The van der Waals surface area contributed by atoms with Crippen LogP contribution in [-0.2, 0) is 23.3 Å². The molecule has 0 N–H and O–H groups in total. The molecule has 2 aromatic carbocycles. The minimum absolute atomic E-state index is 0. The second kappa shape index (κ2) is 13.3. The molecule has 0 bridgehead atoms. The molecule has 4 atom stereocenters. The summed E-state index contributed by atoms with van der Waals surface area (Å²) in [7, 11) is 0. The van der Waals surface area contributed by atoms with Crippen LogP contribution in [0.1, 0.15) is 59.8 Å². The molecule has 0 spiro atoms. The van der Waals surface area contributed by atoms with Crippen molar-refractivity contribution >= 4 is 5.43 Å². The molecule has 0 saturated carbocycles. The van der Waals surface area contributed by atoms with Crippen LogP contribution in [0.25, 0.3) is 0 Å². The Morgan fingerprint density at radius 2 is 1.09 bits per heavy atom. The van der Waals surface area contributed by atoms with Gasteiger partial charge in [0, 0.05) is 0 Å². The van der Waals surface area contributed by atoms with E-state index in [-0.39, 0.29) is 30.2 Å². The number of halogens is 2. The van der Waals surface area contributed by atoms with E-state index in [4.69, 9.17) is 0 Å². The van der Waals surface area contributed by atoms with Crippen LogP contribution >= 0.6 is 0 Å². The van der Waals surface area contributed by atoms with E-state index in [1.165, 1.54) is 47.9 Å². The number of allylic oxidation sites excluding steroid dienone is 4. The Morgan fingerprint density at radius 1 is 0.719 bits per heavy atom. The van der Waals surface area contributed by atoms with Crippen molar-refractivity contribution in [2.75, 3.05) is 0 Å². The van der Waals surface area contributed by atoms with Crippen molar-refractivity contribution in [3.05, 3.63) is 108 Å². The predicted octanol–water partition coefficient (Wildman–Crippen LogP) is 1.40. The molecule has 0 aliphatic heterocycles. The van der Waals surface area contributed by atoms with Gasteiger partial charge in [0.2, 0.25) is 0 Å². The first-order valence-corrected chi connectivity index (χ1v) is 17.5. The molecule has 6 rings (SSSR count). The summed E-state index contributed by atoms with van der Waals surface area (Å²) in [5, 5.41) is 0. The maximum Gasteiger partial charge on any atom is -1.00 e. The third-order valence-electron chi connectivity index (χ3n) is 6.44. The SMILES string of the molecule is C1=CC2c3ccccc3[CH-]C2CC1.C1=CC2c3ccccc3[CH-]C2CC1.C[Si](C)=[Zr+2].[Cl-].[Cl-]. The van der Waals surface area contributed by atoms with Gasteiger partial charge in [-0.25, -0.2) is 0 Å². The van der Waals surface area contributed by atoms with Crippen LogP contribution in [0.3, 0.4) is 0 Å². The zero-order chi connectivity index (χ0) is 20.9. The Hall–Kier alpha value is -0.660. The minimum atomic E-state index is 0. The van der Waals surface area contributed by atoms with Gasteiger partial charge in [-0.1, -0.05) is 61.1 Å². The number of hydrogen-bond donors (Lipinski definition) is 0. The van der Waals surface area contributed by atoms with Crippen molar-refractivity contribution in [2.24, 2.45) is 11.8 Å². The van der Waals surface area contributed by atoms with Crippen molar-refractivity contribution in [3.8, 4) is 0 Å². The fourth-order valence-corrected chi connectivity index (χ4v) is 5.14. The average molecular weight is 559 g/mol. The third kappa shape index (κ3) is 6.69. The molecule has 168 valence electrons. The van der Waals surface area contributed by atoms with Gasteiger partial charge in [0.25, 0.3) is 0 Å². The normalized spacial score (nSPS) is 24.6. The molecule has 4 aliphatic carbocycles. The van der Waals surface area contributed by atoms with E-state index in [0.717, 1.165) is 11.8 Å². The van der Waals surface area contributed by atoms with E-state index in [9.17, 15) is 0 Å². The van der Waals surface area contributed by atoms with E-state index in [2.05, 4.69) is 98.8 Å². The molecule has 4 aliphatic rings. The Bertz CT molecular complexity index is 876. The average Bonchev–Trinajstić information content (AvgIpc) is 3.32. The van der Waals surface area contributed by atoms with Gasteiger partial charge in [0.15, 0.2) is 0 Å². The molecular formula is C28H32Cl2SiZr-2. The van der Waals surface area contributed by atoms with Gasteiger partial charge in [-0.3, -0.25) is 0 Å². The maximum absolute atomic E-state index is 2.45. The summed E-state index contributed by atoms with van der Waals surface area (Å²) in [6.45, 7) is 4.62. The topological polar surface area (TPSA) is 0 Å². The Morgan fingerprint density at radius 3 is 1.50 bits per heavy atom. The molecule has 0 fully saturated rings. The van der Waals surface area contributed by atoms with Gasteiger partial charge in [-0.15, -0.1) is 35.4 Å². The van der Waals surface area contributed by atoms with Gasteiger partial charge >= 0.3 is 41.9 Å². The summed E-state index contributed by atoms with van der Waals surface area (Å²) >= 11 is 1.74. The van der Waals surface area contributed by atoms with E-state index < -0.39 is 0 Å². The molecule has 4 heteroatoms. The number of benzene rings is 2. The maximum atomic E-state index is 2.45. The second-order valence-corrected chi connectivity index (χ2v) is 18.4. The van der Waals surface area contributed by atoms with Crippen molar-refractivity contribution in [1.29, 1.82) is 0 Å². The molecule has 32 heavy (non-hydrogen) atoms. The molecule has 0 saturated heterocycles. The van der Waals surface area contributed by atoms with Crippen LogP contribution in [0, 0.1) is 24.7 Å². The van der Waals surface area contributed by atoms with Crippen LogP contribution in [0.4, 0.5) is 0 Å². The smallest absolute Gasteiger partial charge is 1.00 e. The first kappa shape index (κ1) is 27.6. The van der Waals surface area contributed by atoms with Gasteiger partial charge in [0.1, 0.15) is 0 Å². The van der Waals surface area contributed by atoms with Gasteiger partial charge < -0.3 is 24.8 Å². The standard InChI is InChI=1S/2C13H13.C2H6Si.2ClH.Zr/c2*1-3-7-12-10(5-1)9-11-6-2-4-8-13(11)12;1-3-2;;;/h2*1,3-5,7-9,11,13H,2,6H2;1-2H3;2*1H;/q2*-1;;;;+2/p-2. The van der Waals surface area contributed by atoms with Crippen molar-refractivity contribution in [2.45, 2.75) is 50.6 Å². The summed E-state index contributed by atoms with van der Waals surface area (Å²) < 4.78 is 0. The summed E-state index contributed by atoms with van der Waals surface area (Å²) in [6, 6.07) is 17.6. The molecule has 0 aromatic heterocycles. The summed E-state index contributed by atoms with van der Waals surface area (Å²) in [6.07, 6.45) is 19.5. The molecule has 4 unspecified atom stereocenters. The molecule has 0 heterocycles. The largest absolute Gasteiger partial charge is 1.00 e. The van der Waals surface area contributed by atoms with Gasteiger partial charge in [0.05, 0.1) is 0 Å². The fraction of sp³-hybridized carbons (Fsp3) is 0.357. The summed E-state index contributed by atoms with van der Waals surface area (Å²) in [4.78, 5) is 0. The Labute approximate surface area is 222 Å². The van der Waals surface area contributed by atoms with Crippen molar-refractivity contribution < 1.29 is 48.1 Å². The molecule has 0 nitrogen and oxygen atoms in total. The monoisotopic (exact) mass is 556 g/mol. The van der Waals surface area contributed by atoms with E-state index >= 15 is 0 Å². The van der Waals surface area contributed by atoms with E-state index in [1.807, 2.05) is 0 Å². The van der Waals surface area contributed by atoms with Crippen LogP contribution in [0.5, 0.6) is 0 Å². The van der Waals surface area contributed by atoms with Crippen LogP contribution in [0.15, 0.2) is 72.8 Å². The van der Waals surface area contributed by atoms with E-state index in [1.54, 1.807) is 23.3 Å². The first-order chi connectivity index (χ1) is 14.6.